The molecule has 1 aromatic carbocycles. The number of piperazine rings is 1. The van der Waals surface area contributed by atoms with E-state index in [1.54, 1.807) is 0 Å². The first-order chi connectivity index (χ1) is 9.29. The number of rotatable bonds is 5. The summed E-state index contributed by atoms with van der Waals surface area (Å²) < 4.78 is 0. The van der Waals surface area contributed by atoms with Gasteiger partial charge in [0.2, 0.25) is 0 Å². The van der Waals surface area contributed by atoms with E-state index in [1.165, 1.54) is 50.3 Å². The van der Waals surface area contributed by atoms with E-state index in [1.807, 2.05) is 0 Å². The van der Waals surface area contributed by atoms with E-state index >= 15 is 0 Å². The summed E-state index contributed by atoms with van der Waals surface area (Å²) in [6, 6.07) is 9.00. The number of nitrogens with one attached hydrogen (secondary N) is 1. The van der Waals surface area contributed by atoms with Gasteiger partial charge in [0.15, 0.2) is 0 Å². The highest BCUT2D eigenvalue weighted by molar-refractivity contribution is 5.44. The highest BCUT2D eigenvalue weighted by Gasteiger charge is 2.20. The van der Waals surface area contributed by atoms with E-state index in [-0.39, 0.29) is 0 Å². The van der Waals surface area contributed by atoms with Gasteiger partial charge >= 0.3 is 0 Å². The van der Waals surface area contributed by atoms with Gasteiger partial charge in [-0.25, -0.2) is 0 Å². The van der Waals surface area contributed by atoms with Crippen LogP contribution in [-0.4, -0.2) is 49.6 Å². The van der Waals surface area contributed by atoms with Crippen molar-refractivity contribution >= 4 is 5.69 Å². The zero-order valence-electron chi connectivity index (χ0n) is 11.9. The van der Waals surface area contributed by atoms with Gasteiger partial charge in [0.25, 0.3) is 0 Å². The Morgan fingerprint density at radius 3 is 2.37 bits per heavy atom. The summed E-state index contributed by atoms with van der Waals surface area (Å²) in [6.07, 6.45) is 2.82. The molecule has 0 aromatic heterocycles. The largest absolute Gasteiger partial charge is 0.385 e. The average molecular weight is 259 g/mol. The van der Waals surface area contributed by atoms with Crippen molar-refractivity contribution < 1.29 is 0 Å². The second kappa shape index (κ2) is 5.93. The van der Waals surface area contributed by atoms with Gasteiger partial charge in [-0.3, -0.25) is 4.90 Å². The van der Waals surface area contributed by atoms with E-state index in [2.05, 4.69) is 46.4 Å². The van der Waals surface area contributed by atoms with Crippen LogP contribution in [-0.2, 0) is 6.54 Å². The molecule has 1 saturated carbocycles. The second-order valence-corrected chi connectivity index (χ2v) is 6.10. The Morgan fingerprint density at radius 2 is 1.74 bits per heavy atom. The van der Waals surface area contributed by atoms with Crippen LogP contribution in [0.3, 0.4) is 0 Å². The van der Waals surface area contributed by atoms with Crippen molar-refractivity contribution in [2.45, 2.75) is 19.4 Å². The fourth-order valence-corrected chi connectivity index (χ4v) is 2.58. The van der Waals surface area contributed by atoms with Crippen molar-refractivity contribution in [1.82, 2.24) is 9.80 Å². The Hall–Kier alpha value is -1.06. The maximum absolute atomic E-state index is 3.52. The lowest BCUT2D eigenvalue weighted by molar-refractivity contribution is 0.148. The van der Waals surface area contributed by atoms with Gasteiger partial charge in [-0.15, -0.1) is 0 Å². The monoisotopic (exact) mass is 259 g/mol. The zero-order valence-corrected chi connectivity index (χ0v) is 11.9. The molecule has 0 radical (unpaired) electrons. The number of nitrogens with zero attached hydrogens (tertiary/aromatic N) is 2. The van der Waals surface area contributed by atoms with Gasteiger partial charge in [0.05, 0.1) is 0 Å². The fourth-order valence-electron chi connectivity index (χ4n) is 2.58. The van der Waals surface area contributed by atoms with Crippen molar-refractivity contribution in [3.05, 3.63) is 29.8 Å². The van der Waals surface area contributed by atoms with Crippen molar-refractivity contribution in [2.75, 3.05) is 45.1 Å². The minimum Gasteiger partial charge on any atom is -0.385 e. The molecule has 0 atom stereocenters. The van der Waals surface area contributed by atoms with E-state index < -0.39 is 0 Å². The van der Waals surface area contributed by atoms with Crippen LogP contribution in [0.2, 0.25) is 0 Å². The lowest BCUT2D eigenvalue weighted by Gasteiger charge is -2.32. The second-order valence-electron chi connectivity index (χ2n) is 6.10. The molecule has 1 aliphatic heterocycles. The molecule has 1 N–H and O–H groups in total. The van der Waals surface area contributed by atoms with E-state index in [0.29, 0.717) is 0 Å². The molecule has 1 saturated heterocycles. The third-order valence-electron chi connectivity index (χ3n) is 4.25. The fraction of sp³-hybridized carbons (Fsp3) is 0.625. The maximum atomic E-state index is 3.52. The molecule has 19 heavy (non-hydrogen) atoms. The van der Waals surface area contributed by atoms with Crippen LogP contribution in [0.15, 0.2) is 24.3 Å². The molecule has 104 valence electrons. The van der Waals surface area contributed by atoms with Gasteiger partial charge < -0.3 is 10.2 Å². The Labute approximate surface area is 116 Å². The molecule has 1 aromatic rings. The SMILES string of the molecule is CN1CCN(Cc2ccc(NCC3CC3)cc2)CC1. The minimum absolute atomic E-state index is 0.935. The lowest BCUT2D eigenvalue weighted by atomic mass is 10.1. The first-order valence-corrected chi connectivity index (χ1v) is 7.53. The van der Waals surface area contributed by atoms with Crippen molar-refractivity contribution in [3.8, 4) is 0 Å². The minimum atomic E-state index is 0.935. The molecule has 3 rings (SSSR count). The molecule has 0 spiro atoms. The molecule has 0 bridgehead atoms. The van der Waals surface area contributed by atoms with Gasteiger partial charge in [-0.2, -0.15) is 0 Å². The maximum Gasteiger partial charge on any atom is 0.0340 e. The first-order valence-electron chi connectivity index (χ1n) is 7.53. The van der Waals surface area contributed by atoms with Gasteiger partial charge in [0.1, 0.15) is 0 Å². The molecule has 3 nitrogen and oxygen atoms in total. The van der Waals surface area contributed by atoms with Crippen LogP contribution in [0.25, 0.3) is 0 Å². The van der Waals surface area contributed by atoms with Crippen molar-refractivity contribution in [3.63, 3.8) is 0 Å². The average Bonchev–Trinajstić information content (AvgIpc) is 3.25. The number of hydrogen-bond donors (Lipinski definition) is 1. The molecule has 1 heterocycles. The highest BCUT2D eigenvalue weighted by Crippen LogP contribution is 2.28. The number of likely N-dealkylation sites (N-methyl/N-ethyl adjacent to an activating group) is 1. The summed E-state index contributed by atoms with van der Waals surface area (Å²) in [6.45, 7) is 7.02. The van der Waals surface area contributed by atoms with Gasteiger partial charge in [-0.05, 0) is 43.5 Å². The molecular weight excluding hydrogens is 234 g/mol. The van der Waals surface area contributed by atoms with Crippen LogP contribution >= 0.6 is 0 Å². The summed E-state index contributed by atoms with van der Waals surface area (Å²) in [5, 5.41) is 3.52. The highest BCUT2D eigenvalue weighted by atomic mass is 15.2. The first kappa shape index (κ1) is 12.9. The Balaban J connectivity index is 1.47. The number of anilines is 1. The number of hydrogen-bond acceptors (Lipinski definition) is 3. The molecule has 1 aliphatic carbocycles. The van der Waals surface area contributed by atoms with Crippen LogP contribution in [0.1, 0.15) is 18.4 Å². The molecule has 3 heteroatoms. The van der Waals surface area contributed by atoms with Gasteiger partial charge in [-0.1, -0.05) is 12.1 Å². The molecular formula is C16H25N3. The summed E-state index contributed by atoms with van der Waals surface area (Å²) in [7, 11) is 2.21. The quantitative estimate of drug-likeness (QED) is 0.875. The van der Waals surface area contributed by atoms with E-state index in [4.69, 9.17) is 0 Å². The smallest absolute Gasteiger partial charge is 0.0340 e. The predicted molar refractivity (Wildman–Crippen MR) is 80.4 cm³/mol. The van der Waals surface area contributed by atoms with Gasteiger partial charge in [0, 0.05) is 45.0 Å². The third kappa shape index (κ3) is 3.95. The summed E-state index contributed by atoms with van der Waals surface area (Å²) in [4.78, 5) is 4.95. The van der Waals surface area contributed by atoms with Crippen LogP contribution in [0.4, 0.5) is 5.69 Å². The molecule has 2 fully saturated rings. The lowest BCUT2D eigenvalue weighted by Crippen LogP contribution is -2.43. The van der Waals surface area contributed by atoms with Crippen LogP contribution in [0.5, 0.6) is 0 Å². The standard InChI is InChI=1S/C16H25N3/c1-18-8-10-19(11-9-18)13-15-4-6-16(7-5-15)17-12-14-2-3-14/h4-7,14,17H,2-3,8-13H2,1H3. The van der Waals surface area contributed by atoms with Crippen LogP contribution in [0, 0.1) is 5.92 Å². The van der Waals surface area contributed by atoms with E-state index in [0.717, 1.165) is 19.0 Å². The predicted octanol–water partition coefficient (Wildman–Crippen LogP) is 2.26. The topological polar surface area (TPSA) is 18.5 Å². The van der Waals surface area contributed by atoms with Crippen molar-refractivity contribution in [2.24, 2.45) is 5.92 Å². The third-order valence-corrected chi connectivity index (χ3v) is 4.25. The van der Waals surface area contributed by atoms with E-state index in [9.17, 15) is 0 Å². The summed E-state index contributed by atoms with van der Waals surface area (Å²) in [5.74, 6) is 0.935. The Bertz CT molecular complexity index is 389. The molecule has 0 unspecified atom stereocenters. The summed E-state index contributed by atoms with van der Waals surface area (Å²) in [5.41, 5.74) is 2.70. The normalized spacial score (nSPS) is 21.5. The molecule has 2 aliphatic rings. The zero-order chi connectivity index (χ0) is 13.1. The Kier molecular flexibility index (Phi) is 4.04. The van der Waals surface area contributed by atoms with Crippen LogP contribution < -0.4 is 5.32 Å². The Morgan fingerprint density at radius 1 is 1.05 bits per heavy atom. The molecule has 0 amide bonds. The van der Waals surface area contributed by atoms with Crippen molar-refractivity contribution in [1.29, 1.82) is 0 Å². The summed E-state index contributed by atoms with van der Waals surface area (Å²) >= 11 is 0. The number of benzene rings is 1.